The Labute approximate surface area is 173 Å². The molecule has 1 aromatic carbocycles. The number of benzene rings is 1. The summed E-state index contributed by atoms with van der Waals surface area (Å²) in [6, 6.07) is 8.60. The first-order valence-electron chi connectivity index (χ1n) is 9.43. The molecule has 1 atom stereocenters. The van der Waals surface area contributed by atoms with E-state index < -0.39 is 26.7 Å². The van der Waals surface area contributed by atoms with E-state index in [1.807, 2.05) is 25.1 Å². The molecular formula is C19H24F3N5O2S. The van der Waals surface area contributed by atoms with Crippen molar-refractivity contribution >= 4 is 21.5 Å². The van der Waals surface area contributed by atoms with Crippen molar-refractivity contribution in [3.8, 4) is 0 Å². The number of piperazine rings is 1. The summed E-state index contributed by atoms with van der Waals surface area (Å²) in [7, 11) is -4.48. The van der Waals surface area contributed by atoms with Crippen molar-refractivity contribution in [2.75, 3.05) is 42.9 Å². The predicted molar refractivity (Wildman–Crippen MR) is 109 cm³/mol. The van der Waals surface area contributed by atoms with Crippen molar-refractivity contribution in [2.45, 2.75) is 24.0 Å². The van der Waals surface area contributed by atoms with E-state index in [4.69, 9.17) is 5.14 Å². The second-order valence-corrected chi connectivity index (χ2v) is 8.80. The number of sulfonamides is 1. The average Bonchev–Trinajstić information content (AvgIpc) is 2.67. The van der Waals surface area contributed by atoms with Gasteiger partial charge in [0.15, 0.2) is 0 Å². The van der Waals surface area contributed by atoms with Gasteiger partial charge in [0.05, 0.1) is 10.5 Å². The molecule has 2 heterocycles. The lowest BCUT2D eigenvalue weighted by atomic mass is 10.1. The normalized spacial score (nSPS) is 17.0. The van der Waals surface area contributed by atoms with Gasteiger partial charge >= 0.3 is 6.18 Å². The Morgan fingerprint density at radius 1 is 1.17 bits per heavy atom. The van der Waals surface area contributed by atoms with Crippen LogP contribution in [0.25, 0.3) is 0 Å². The zero-order valence-electron chi connectivity index (χ0n) is 16.4. The third kappa shape index (κ3) is 5.61. The summed E-state index contributed by atoms with van der Waals surface area (Å²) in [6.45, 7) is 5.73. The SMILES string of the molecule is CC(CN1CCN(c2ccccn2)CC1)Nc1ccc(S(N)(=O)=O)c(C(F)(F)F)c1. The topological polar surface area (TPSA) is 91.6 Å². The van der Waals surface area contributed by atoms with Gasteiger partial charge in [0, 0.05) is 50.6 Å². The second kappa shape index (κ2) is 8.78. The molecule has 0 aliphatic carbocycles. The number of pyridine rings is 1. The minimum absolute atomic E-state index is 0.146. The number of anilines is 2. The number of alkyl halides is 3. The van der Waals surface area contributed by atoms with E-state index in [0.717, 1.165) is 44.1 Å². The quantitative estimate of drug-likeness (QED) is 0.712. The number of nitrogens with one attached hydrogen (secondary N) is 1. The van der Waals surface area contributed by atoms with Crippen molar-refractivity contribution in [3.05, 3.63) is 48.2 Å². The first-order valence-corrected chi connectivity index (χ1v) is 11.0. The fourth-order valence-corrected chi connectivity index (χ4v) is 4.25. The molecule has 1 aromatic heterocycles. The Bertz CT molecular complexity index is 962. The number of rotatable bonds is 6. The van der Waals surface area contributed by atoms with E-state index in [0.29, 0.717) is 6.54 Å². The molecule has 7 nitrogen and oxygen atoms in total. The van der Waals surface area contributed by atoms with Gasteiger partial charge in [-0.15, -0.1) is 0 Å². The lowest BCUT2D eigenvalue weighted by Crippen LogP contribution is -2.49. The Hall–Kier alpha value is -2.37. The maximum atomic E-state index is 13.3. The van der Waals surface area contributed by atoms with Crippen LogP contribution in [0.4, 0.5) is 24.7 Å². The third-order valence-corrected chi connectivity index (χ3v) is 5.85. The molecule has 1 aliphatic rings. The molecule has 0 radical (unpaired) electrons. The number of primary sulfonamides is 1. The number of hydrogen-bond donors (Lipinski definition) is 2. The van der Waals surface area contributed by atoms with Crippen LogP contribution in [0, 0.1) is 0 Å². The molecule has 1 saturated heterocycles. The van der Waals surface area contributed by atoms with Gasteiger partial charge in [-0.3, -0.25) is 4.90 Å². The number of nitrogens with zero attached hydrogens (tertiary/aromatic N) is 3. The second-order valence-electron chi connectivity index (χ2n) is 7.27. The van der Waals surface area contributed by atoms with Gasteiger partial charge in [-0.05, 0) is 37.3 Å². The molecule has 0 amide bonds. The monoisotopic (exact) mass is 443 g/mol. The molecule has 1 aliphatic heterocycles. The molecule has 3 N–H and O–H groups in total. The molecule has 11 heteroatoms. The predicted octanol–water partition coefficient (Wildman–Crippen LogP) is 2.37. The summed E-state index contributed by atoms with van der Waals surface area (Å²) in [6.07, 6.45) is -3.07. The standard InChI is InChI=1S/C19H24F3N5O2S/c1-14(13-26-8-10-27(11-9-26)18-4-2-3-7-24-18)25-15-5-6-17(30(23,28)29)16(12-15)19(20,21)22/h2-7,12,14,25H,8-11,13H2,1H3,(H2,23,28,29). The molecule has 164 valence electrons. The lowest BCUT2D eigenvalue weighted by molar-refractivity contribution is -0.139. The van der Waals surface area contributed by atoms with E-state index in [1.165, 1.54) is 6.07 Å². The van der Waals surface area contributed by atoms with Crippen LogP contribution >= 0.6 is 0 Å². The van der Waals surface area contributed by atoms with Crippen LogP contribution in [-0.2, 0) is 16.2 Å². The first-order chi connectivity index (χ1) is 14.0. The summed E-state index contributed by atoms with van der Waals surface area (Å²) < 4.78 is 62.8. The maximum absolute atomic E-state index is 13.3. The highest BCUT2D eigenvalue weighted by atomic mass is 32.2. The van der Waals surface area contributed by atoms with E-state index in [-0.39, 0.29) is 11.7 Å². The third-order valence-electron chi connectivity index (χ3n) is 4.88. The van der Waals surface area contributed by atoms with Crippen LogP contribution in [0.1, 0.15) is 12.5 Å². The van der Waals surface area contributed by atoms with E-state index >= 15 is 0 Å². The molecule has 0 saturated carbocycles. The number of nitrogens with two attached hydrogens (primary N) is 1. The number of hydrogen-bond acceptors (Lipinski definition) is 6. The van der Waals surface area contributed by atoms with Crippen molar-refractivity contribution in [1.29, 1.82) is 0 Å². The van der Waals surface area contributed by atoms with Crippen LogP contribution in [0.15, 0.2) is 47.5 Å². The summed E-state index contributed by atoms with van der Waals surface area (Å²) in [5.74, 6) is 0.929. The Morgan fingerprint density at radius 3 is 2.43 bits per heavy atom. The Balaban J connectivity index is 1.61. The lowest BCUT2D eigenvalue weighted by Gasteiger charge is -2.36. The van der Waals surface area contributed by atoms with Gasteiger partial charge in [0.1, 0.15) is 5.82 Å². The molecule has 1 fully saturated rings. The molecule has 0 bridgehead atoms. The molecule has 0 spiro atoms. The van der Waals surface area contributed by atoms with Gasteiger partial charge in [0.2, 0.25) is 10.0 Å². The van der Waals surface area contributed by atoms with Crippen molar-refractivity contribution < 1.29 is 21.6 Å². The fourth-order valence-electron chi connectivity index (χ4n) is 3.51. The van der Waals surface area contributed by atoms with Crippen LogP contribution < -0.4 is 15.4 Å². The fraction of sp³-hybridized carbons (Fsp3) is 0.421. The van der Waals surface area contributed by atoms with Crippen LogP contribution in [0.3, 0.4) is 0 Å². The van der Waals surface area contributed by atoms with E-state index in [1.54, 1.807) is 6.20 Å². The molecule has 3 rings (SSSR count). The molecule has 1 unspecified atom stereocenters. The minimum Gasteiger partial charge on any atom is -0.381 e. The highest BCUT2D eigenvalue weighted by molar-refractivity contribution is 7.89. The number of halogens is 3. The Morgan fingerprint density at radius 2 is 1.87 bits per heavy atom. The maximum Gasteiger partial charge on any atom is 0.417 e. The van der Waals surface area contributed by atoms with Gasteiger partial charge in [-0.1, -0.05) is 6.07 Å². The summed E-state index contributed by atoms with van der Waals surface area (Å²) >= 11 is 0. The highest BCUT2D eigenvalue weighted by Crippen LogP contribution is 2.35. The molecule has 30 heavy (non-hydrogen) atoms. The smallest absolute Gasteiger partial charge is 0.381 e. The summed E-state index contributed by atoms with van der Waals surface area (Å²) in [5, 5.41) is 7.94. The van der Waals surface area contributed by atoms with Gasteiger partial charge < -0.3 is 10.2 Å². The van der Waals surface area contributed by atoms with Crippen LogP contribution in [0.2, 0.25) is 0 Å². The van der Waals surface area contributed by atoms with E-state index in [9.17, 15) is 21.6 Å². The van der Waals surface area contributed by atoms with Crippen LogP contribution in [0.5, 0.6) is 0 Å². The van der Waals surface area contributed by atoms with Crippen molar-refractivity contribution in [3.63, 3.8) is 0 Å². The minimum atomic E-state index is -4.83. The van der Waals surface area contributed by atoms with Gasteiger partial charge in [-0.25, -0.2) is 18.5 Å². The zero-order chi connectivity index (χ0) is 21.9. The first kappa shape index (κ1) is 22.3. The average molecular weight is 443 g/mol. The molecular weight excluding hydrogens is 419 g/mol. The Kier molecular flexibility index (Phi) is 6.53. The zero-order valence-corrected chi connectivity index (χ0v) is 17.2. The summed E-state index contributed by atoms with van der Waals surface area (Å²) in [4.78, 5) is 7.83. The van der Waals surface area contributed by atoms with Gasteiger partial charge in [-0.2, -0.15) is 13.2 Å². The summed E-state index contributed by atoms with van der Waals surface area (Å²) in [5.41, 5.74) is -1.08. The number of aromatic nitrogens is 1. The van der Waals surface area contributed by atoms with E-state index in [2.05, 4.69) is 20.1 Å². The largest absolute Gasteiger partial charge is 0.417 e. The highest BCUT2D eigenvalue weighted by Gasteiger charge is 2.36. The van der Waals surface area contributed by atoms with Crippen molar-refractivity contribution in [1.82, 2.24) is 9.88 Å². The van der Waals surface area contributed by atoms with Crippen molar-refractivity contribution in [2.24, 2.45) is 5.14 Å². The van der Waals surface area contributed by atoms with Crippen LogP contribution in [-0.4, -0.2) is 57.1 Å². The van der Waals surface area contributed by atoms with Gasteiger partial charge in [0.25, 0.3) is 0 Å². The molecule has 2 aromatic rings.